The summed E-state index contributed by atoms with van der Waals surface area (Å²) in [5, 5.41) is 13.5. The maximum atomic E-state index is 11.7. The zero-order chi connectivity index (χ0) is 13.7. The first-order chi connectivity index (χ1) is 9.16. The molecular formula is C12H14BrN5O. The van der Waals surface area contributed by atoms with Crippen LogP contribution < -0.4 is 10.6 Å². The summed E-state index contributed by atoms with van der Waals surface area (Å²) in [6.45, 7) is 0.716. The number of nitrogens with zero attached hydrogens (tertiary/aromatic N) is 3. The van der Waals surface area contributed by atoms with Crippen LogP contribution in [0.1, 0.15) is 5.82 Å². The molecule has 6 nitrogen and oxygen atoms in total. The van der Waals surface area contributed by atoms with Gasteiger partial charge in [-0.1, -0.05) is 12.1 Å². The Bertz CT molecular complexity index is 569. The van der Waals surface area contributed by atoms with Crippen molar-refractivity contribution < 1.29 is 4.79 Å². The predicted molar refractivity (Wildman–Crippen MR) is 75.5 cm³/mol. The first-order valence-electron chi connectivity index (χ1n) is 5.75. The lowest BCUT2D eigenvalue weighted by atomic mass is 10.3. The average Bonchev–Trinajstić information content (AvgIpc) is 2.78. The molecule has 0 saturated carbocycles. The Kier molecular flexibility index (Phi) is 4.64. The lowest BCUT2D eigenvalue weighted by molar-refractivity contribution is -0.115. The summed E-state index contributed by atoms with van der Waals surface area (Å²) >= 11 is 3.38. The van der Waals surface area contributed by atoms with Gasteiger partial charge >= 0.3 is 0 Å². The summed E-state index contributed by atoms with van der Waals surface area (Å²) in [7, 11) is 1.86. The fraction of sp³-hybridized carbons (Fsp3) is 0.250. The van der Waals surface area contributed by atoms with Gasteiger partial charge in [0.15, 0.2) is 0 Å². The molecule has 0 radical (unpaired) electrons. The van der Waals surface area contributed by atoms with Crippen LogP contribution in [0.5, 0.6) is 0 Å². The van der Waals surface area contributed by atoms with Crippen LogP contribution in [0.3, 0.4) is 0 Å². The average molecular weight is 324 g/mol. The number of aryl methyl sites for hydroxylation is 1. The van der Waals surface area contributed by atoms with Gasteiger partial charge in [0.05, 0.1) is 18.8 Å². The van der Waals surface area contributed by atoms with E-state index in [4.69, 9.17) is 0 Å². The number of amides is 1. The van der Waals surface area contributed by atoms with Crippen molar-refractivity contribution >= 4 is 27.5 Å². The van der Waals surface area contributed by atoms with Crippen molar-refractivity contribution in [1.29, 1.82) is 0 Å². The van der Waals surface area contributed by atoms with E-state index in [-0.39, 0.29) is 12.5 Å². The third-order valence-corrected chi connectivity index (χ3v) is 3.21. The molecule has 2 N–H and O–H groups in total. The summed E-state index contributed by atoms with van der Waals surface area (Å²) in [5.41, 5.74) is 0.757. The molecule has 1 heterocycles. The third-order valence-electron chi connectivity index (χ3n) is 2.52. The van der Waals surface area contributed by atoms with Gasteiger partial charge in [-0.2, -0.15) is 0 Å². The highest BCUT2D eigenvalue weighted by molar-refractivity contribution is 9.10. The molecule has 0 saturated heterocycles. The molecule has 1 aromatic carbocycles. The van der Waals surface area contributed by atoms with Gasteiger partial charge in [-0.05, 0) is 28.1 Å². The molecule has 0 aliphatic heterocycles. The Balaban J connectivity index is 1.79. The SMILES string of the molecule is Cn1cnnc1CNCC(=O)Nc1ccccc1Br. The second kappa shape index (κ2) is 6.44. The largest absolute Gasteiger partial charge is 0.324 e. The predicted octanol–water partition coefficient (Wildman–Crippen LogP) is 1.31. The van der Waals surface area contributed by atoms with Crippen LogP contribution in [0, 0.1) is 0 Å². The number of para-hydroxylation sites is 1. The molecule has 2 aromatic rings. The summed E-state index contributed by atoms with van der Waals surface area (Å²) in [6, 6.07) is 7.48. The maximum absolute atomic E-state index is 11.7. The van der Waals surface area contributed by atoms with Crippen molar-refractivity contribution in [3.63, 3.8) is 0 Å². The maximum Gasteiger partial charge on any atom is 0.238 e. The van der Waals surface area contributed by atoms with Crippen LogP contribution in [-0.4, -0.2) is 27.2 Å². The van der Waals surface area contributed by atoms with Crippen LogP contribution in [-0.2, 0) is 18.4 Å². The number of rotatable bonds is 5. The number of hydrogen-bond donors (Lipinski definition) is 2. The first-order valence-corrected chi connectivity index (χ1v) is 6.54. The molecule has 0 unspecified atom stereocenters. The zero-order valence-electron chi connectivity index (χ0n) is 10.4. The number of aromatic nitrogens is 3. The highest BCUT2D eigenvalue weighted by Crippen LogP contribution is 2.20. The second-order valence-corrected chi connectivity index (χ2v) is 4.84. The van der Waals surface area contributed by atoms with Gasteiger partial charge in [-0.15, -0.1) is 10.2 Å². The molecule has 0 aliphatic rings. The lowest BCUT2D eigenvalue weighted by Crippen LogP contribution is -2.28. The topological polar surface area (TPSA) is 71.8 Å². The lowest BCUT2D eigenvalue weighted by Gasteiger charge is -2.07. The molecular weight excluding hydrogens is 310 g/mol. The number of benzene rings is 1. The molecule has 7 heteroatoms. The molecule has 1 aromatic heterocycles. The van der Waals surface area contributed by atoms with Crippen molar-refractivity contribution in [2.75, 3.05) is 11.9 Å². The van der Waals surface area contributed by atoms with Crippen LogP contribution in [0.25, 0.3) is 0 Å². The standard InChI is InChI=1S/C12H14BrN5O/c1-18-8-15-17-11(18)6-14-7-12(19)16-10-5-3-2-4-9(10)13/h2-5,8,14H,6-7H2,1H3,(H,16,19). The molecule has 0 spiro atoms. The molecule has 1 amide bonds. The van der Waals surface area contributed by atoms with Crippen molar-refractivity contribution in [2.24, 2.45) is 7.05 Å². The van der Waals surface area contributed by atoms with Crippen LogP contribution in [0.2, 0.25) is 0 Å². The van der Waals surface area contributed by atoms with E-state index in [9.17, 15) is 4.79 Å². The van der Waals surface area contributed by atoms with E-state index in [1.807, 2.05) is 31.3 Å². The zero-order valence-corrected chi connectivity index (χ0v) is 12.0. The van der Waals surface area contributed by atoms with E-state index < -0.39 is 0 Å². The highest BCUT2D eigenvalue weighted by atomic mass is 79.9. The molecule has 0 aliphatic carbocycles. The van der Waals surface area contributed by atoms with E-state index in [1.165, 1.54) is 0 Å². The number of halogens is 1. The Morgan fingerprint density at radius 1 is 1.42 bits per heavy atom. The number of carbonyl (C=O) groups excluding carboxylic acids is 1. The highest BCUT2D eigenvalue weighted by Gasteiger charge is 2.05. The number of anilines is 1. The third kappa shape index (κ3) is 3.87. The van der Waals surface area contributed by atoms with E-state index in [0.717, 1.165) is 16.0 Å². The fourth-order valence-electron chi connectivity index (χ4n) is 1.51. The number of carbonyl (C=O) groups is 1. The molecule has 100 valence electrons. The van der Waals surface area contributed by atoms with E-state index in [0.29, 0.717) is 6.54 Å². The summed E-state index contributed by atoms with van der Waals surface area (Å²) in [6.07, 6.45) is 1.62. The van der Waals surface area contributed by atoms with Gasteiger partial charge in [-0.25, -0.2) is 0 Å². The monoisotopic (exact) mass is 323 g/mol. The van der Waals surface area contributed by atoms with Gasteiger partial charge in [0.1, 0.15) is 12.2 Å². The molecule has 2 rings (SSSR count). The van der Waals surface area contributed by atoms with Crippen molar-refractivity contribution in [3.8, 4) is 0 Å². The second-order valence-electron chi connectivity index (χ2n) is 3.99. The Hall–Kier alpha value is -1.73. The minimum absolute atomic E-state index is 0.103. The quantitative estimate of drug-likeness (QED) is 0.870. The van der Waals surface area contributed by atoms with Crippen molar-refractivity contribution in [2.45, 2.75) is 6.54 Å². The molecule has 19 heavy (non-hydrogen) atoms. The van der Waals surface area contributed by atoms with Gasteiger partial charge in [0.25, 0.3) is 0 Å². The van der Waals surface area contributed by atoms with Crippen LogP contribution >= 0.6 is 15.9 Å². The Morgan fingerprint density at radius 2 is 2.21 bits per heavy atom. The van der Waals surface area contributed by atoms with Crippen LogP contribution in [0.4, 0.5) is 5.69 Å². The first kappa shape index (κ1) is 13.7. The van der Waals surface area contributed by atoms with E-state index in [2.05, 4.69) is 36.8 Å². The number of hydrogen-bond acceptors (Lipinski definition) is 4. The molecule has 0 bridgehead atoms. The van der Waals surface area contributed by atoms with E-state index >= 15 is 0 Å². The van der Waals surface area contributed by atoms with Crippen molar-refractivity contribution in [1.82, 2.24) is 20.1 Å². The summed E-state index contributed by atoms with van der Waals surface area (Å²) in [5.74, 6) is 0.683. The minimum Gasteiger partial charge on any atom is -0.324 e. The van der Waals surface area contributed by atoms with Gasteiger partial charge < -0.3 is 15.2 Å². The smallest absolute Gasteiger partial charge is 0.238 e. The summed E-state index contributed by atoms with van der Waals surface area (Å²) < 4.78 is 2.66. The Labute approximate surface area is 119 Å². The van der Waals surface area contributed by atoms with Gasteiger partial charge in [0.2, 0.25) is 5.91 Å². The van der Waals surface area contributed by atoms with Crippen molar-refractivity contribution in [3.05, 3.63) is 40.9 Å². The normalized spacial score (nSPS) is 10.4. The van der Waals surface area contributed by atoms with Crippen LogP contribution in [0.15, 0.2) is 35.1 Å². The van der Waals surface area contributed by atoms with Gasteiger partial charge in [-0.3, -0.25) is 4.79 Å². The van der Waals surface area contributed by atoms with E-state index in [1.54, 1.807) is 10.9 Å². The molecule has 0 fully saturated rings. The number of nitrogens with one attached hydrogen (secondary N) is 2. The summed E-state index contributed by atoms with van der Waals surface area (Å²) in [4.78, 5) is 11.7. The fourth-order valence-corrected chi connectivity index (χ4v) is 1.90. The van der Waals surface area contributed by atoms with Gasteiger partial charge in [0, 0.05) is 11.5 Å². The minimum atomic E-state index is -0.103. The Morgan fingerprint density at radius 3 is 2.89 bits per heavy atom. The molecule has 0 atom stereocenters.